The summed E-state index contributed by atoms with van der Waals surface area (Å²) in [4.78, 5) is 43.0. The number of nitrogens with one attached hydrogen (secondary N) is 2. The second-order valence-electron chi connectivity index (χ2n) is 8.73. The molecule has 32 heavy (non-hydrogen) atoms. The van der Waals surface area contributed by atoms with Crippen molar-refractivity contribution in [3.05, 3.63) is 64.2 Å². The molecule has 166 valence electrons. The second-order valence-corrected chi connectivity index (χ2v) is 8.73. The summed E-state index contributed by atoms with van der Waals surface area (Å²) >= 11 is 0. The van der Waals surface area contributed by atoms with Gasteiger partial charge in [0.2, 0.25) is 5.91 Å². The quantitative estimate of drug-likeness (QED) is 0.616. The van der Waals surface area contributed by atoms with Crippen LogP contribution < -0.4 is 10.9 Å². The average Bonchev–Trinajstić information content (AvgIpc) is 3.17. The maximum absolute atomic E-state index is 13.3. The van der Waals surface area contributed by atoms with E-state index in [0.29, 0.717) is 24.7 Å². The monoisotopic (exact) mass is 434 g/mol. The van der Waals surface area contributed by atoms with Gasteiger partial charge in [-0.2, -0.15) is 0 Å². The van der Waals surface area contributed by atoms with Gasteiger partial charge < -0.3 is 19.6 Å². The zero-order valence-corrected chi connectivity index (χ0v) is 18.1. The third-order valence-corrected chi connectivity index (χ3v) is 6.78. The third-order valence-electron chi connectivity index (χ3n) is 6.78. The summed E-state index contributed by atoms with van der Waals surface area (Å²) in [5, 5.41) is 3.73. The van der Waals surface area contributed by atoms with E-state index < -0.39 is 5.97 Å². The Morgan fingerprint density at radius 3 is 2.75 bits per heavy atom. The molecule has 2 N–H and O–H groups in total. The van der Waals surface area contributed by atoms with Crippen LogP contribution in [0.25, 0.3) is 10.9 Å². The maximum atomic E-state index is 13.3. The van der Waals surface area contributed by atoms with Crippen LogP contribution in [-0.4, -0.2) is 52.6 Å². The molecule has 4 heterocycles. The molecule has 1 saturated heterocycles. The summed E-state index contributed by atoms with van der Waals surface area (Å²) < 4.78 is 6.78. The Balaban J connectivity index is 1.39. The van der Waals surface area contributed by atoms with E-state index in [1.54, 1.807) is 6.07 Å². The van der Waals surface area contributed by atoms with Crippen molar-refractivity contribution in [3.8, 4) is 0 Å². The van der Waals surface area contributed by atoms with Gasteiger partial charge in [-0.15, -0.1) is 0 Å². The number of hydrogen-bond donors (Lipinski definition) is 2. The molecule has 0 spiro atoms. The van der Waals surface area contributed by atoms with Gasteiger partial charge >= 0.3 is 5.97 Å². The minimum absolute atomic E-state index is 0.0473. The van der Waals surface area contributed by atoms with Gasteiger partial charge in [0.25, 0.3) is 5.56 Å². The number of carbonyl (C=O) groups is 2. The number of benzene rings is 1. The van der Waals surface area contributed by atoms with Crippen molar-refractivity contribution in [2.45, 2.75) is 31.8 Å². The molecular weight excluding hydrogens is 408 g/mol. The van der Waals surface area contributed by atoms with Gasteiger partial charge in [0.05, 0.1) is 18.8 Å². The van der Waals surface area contributed by atoms with Gasteiger partial charge in [-0.25, -0.2) is 4.79 Å². The van der Waals surface area contributed by atoms with E-state index >= 15 is 0 Å². The fourth-order valence-corrected chi connectivity index (χ4v) is 5.17. The average molecular weight is 434 g/mol. The first-order chi connectivity index (χ1) is 15.5. The van der Waals surface area contributed by atoms with Crippen LogP contribution in [0.4, 0.5) is 5.69 Å². The van der Waals surface area contributed by atoms with E-state index in [4.69, 9.17) is 4.74 Å². The molecule has 2 aliphatic rings. The van der Waals surface area contributed by atoms with Crippen LogP contribution in [0, 0.1) is 5.92 Å². The summed E-state index contributed by atoms with van der Waals surface area (Å²) in [6, 6.07) is 12.5. The Kier molecular flexibility index (Phi) is 5.09. The minimum Gasteiger partial charge on any atom is -0.464 e. The number of pyridine rings is 1. The number of ether oxygens (including phenoxy) is 1. The molecule has 3 aromatic rings. The molecule has 5 rings (SSSR count). The van der Waals surface area contributed by atoms with Crippen LogP contribution in [0.15, 0.2) is 47.3 Å². The Bertz CT molecular complexity index is 1260. The van der Waals surface area contributed by atoms with Crippen LogP contribution in [-0.2, 0) is 16.1 Å². The number of amides is 1. The highest BCUT2D eigenvalue weighted by atomic mass is 16.5. The molecule has 2 bridgehead atoms. The van der Waals surface area contributed by atoms with E-state index in [-0.39, 0.29) is 29.1 Å². The highest BCUT2D eigenvalue weighted by Gasteiger charge is 2.37. The van der Waals surface area contributed by atoms with Crippen molar-refractivity contribution in [2.24, 2.45) is 5.92 Å². The number of rotatable bonds is 4. The number of likely N-dealkylation sites (tertiary alicyclic amines) is 1. The van der Waals surface area contributed by atoms with Gasteiger partial charge in [0.15, 0.2) is 0 Å². The van der Waals surface area contributed by atoms with Crippen LogP contribution in [0.5, 0.6) is 0 Å². The van der Waals surface area contributed by atoms with E-state index in [2.05, 4.69) is 15.2 Å². The lowest BCUT2D eigenvalue weighted by Crippen LogP contribution is -2.52. The molecule has 1 amide bonds. The number of aromatic nitrogens is 2. The van der Waals surface area contributed by atoms with Gasteiger partial charge in [-0.05, 0) is 31.4 Å². The number of methoxy groups -OCH3 is 1. The number of nitrogens with zero attached hydrogens (tertiary/aromatic N) is 2. The van der Waals surface area contributed by atoms with Crippen LogP contribution >= 0.6 is 0 Å². The van der Waals surface area contributed by atoms with Crippen molar-refractivity contribution >= 4 is 28.5 Å². The van der Waals surface area contributed by atoms with Gasteiger partial charge in [0, 0.05) is 48.2 Å². The maximum Gasteiger partial charge on any atom is 0.356 e. The summed E-state index contributed by atoms with van der Waals surface area (Å²) in [5.41, 5.74) is 2.53. The predicted octanol–water partition coefficient (Wildman–Crippen LogP) is 2.56. The summed E-state index contributed by atoms with van der Waals surface area (Å²) in [6.07, 6.45) is 1.03. The van der Waals surface area contributed by atoms with E-state index in [1.165, 1.54) is 7.11 Å². The number of hydrogen-bond acceptors (Lipinski definition) is 5. The smallest absolute Gasteiger partial charge is 0.356 e. The van der Waals surface area contributed by atoms with E-state index in [0.717, 1.165) is 29.6 Å². The molecule has 2 unspecified atom stereocenters. The molecule has 2 aliphatic heterocycles. The lowest BCUT2D eigenvalue weighted by atomic mass is 9.82. The molecule has 0 aliphatic carbocycles. The Morgan fingerprint density at radius 2 is 1.94 bits per heavy atom. The van der Waals surface area contributed by atoms with Gasteiger partial charge in [-0.1, -0.05) is 24.3 Å². The number of aromatic amines is 1. The molecule has 3 atom stereocenters. The van der Waals surface area contributed by atoms with E-state index in [1.807, 2.05) is 47.9 Å². The zero-order valence-electron chi connectivity index (χ0n) is 18.1. The lowest BCUT2D eigenvalue weighted by molar-refractivity contribution is -0.121. The van der Waals surface area contributed by atoms with Crippen molar-refractivity contribution in [1.29, 1.82) is 0 Å². The first-order valence-corrected chi connectivity index (χ1v) is 10.9. The number of anilines is 1. The standard InChI is InChI=1S/C24H26N4O4/c1-14(27-11-15-10-16(13-27)19-8-5-9-20(29)28(19)12-15)23(30)26-21-17-6-3-4-7-18(17)25-22(21)24(31)32-2/h3-9,14-16,25H,10-13H2,1-2H3,(H,26,30)/t14?,15?,16-/m0/s1. The zero-order chi connectivity index (χ0) is 22.4. The molecule has 1 aromatic carbocycles. The lowest BCUT2D eigenvalue weighted by Gasteiger charge is -2.44. The van der Waals surface area contributed by atoms with Crippen LogP contribution in [0.2, 0.25) is 0 Å². The summed E-state index contributed by atoms with van der Waals surface area (Å²) in [7, 11) is 1.32. The second kappa shape index (κ2) is 7.94. The fourth-order valence-electron chi connectivity index (χ4n) is 5.17. The first-order valence-electron chi connectivity index (χ1n) is 10.9. The Morgan fingerprint density at radius 1 is 1.12 bits per heavy atom. The topological polar surface area (TPSA) is 96.4 Å². The molecule has 8 heteroatoms. The van der Waals surface area contributed by atoms with Crippen molar-refractivity contribution in [1.82, 2.24) is 14.5 Å². The normalized spacial score (nSPS) is 21.1. The van der Waals surface area contributed by atoms with Crippen molar-refractivity contribution < 1.29 is 14.3 Å². The van der Waals surface area contributed by atoms with Crippen molar-refractivity contribution in [2.75, 3.05) is 25.5 Å². The Hall–Kier alpha value is -3.39. The first kappa shape index (κ1) is 20.5. The third kappa shape index (κ3) is 3.40. The molecule has 0 saturated carbocycles. The predicted molar refractivity (Wildman–Crippen MR) is 121 cm³/mol. The Labute approximate surface area is 185 Å². The number of H-pyrrole nitrogens is 1. The summed E-state index contributed by atoms with van der Waals surface area (Å²) in [6.45, 7) is 4.04. The number of para-hydroxylation sites is 1. The SMILES string of the molecule is COC(=O)c1[nH]c2ccccc2c1NC(=O)C(C)N1CC2C[C@@H](C1)c1cccc(=O)n1C2. The minimum atomic E-state index is -0.529. The molecule has 1 fully saturated rings. The highest BCUT2D eigenvalue weighted by Crippen LogP contribution is 2.36. The summed E-state index contributed by atoms with van der Waals surface area (Å²) in [5.74, 6) is -0.148. The molecule has 2 aromatic heterocycles. The highest BCUT2D eigenvalue weighted by molar-refractivity contribution is 6.11. The van der Waals surface area contributed by atoms with Gasteiger partial charge in [0.1, 0.15) is 5.69 Å². The molecular formula is C24H26N4O4. The number of fused-ring (bicyclic) bond motifs is 5. The van der Waals surface area contributed by atoms with Crippen LogP contribution in [0.3, 0.4) is 0 Å². The number of piperidine rings is 1. The molecule has 8 nitrogen and oxygen atoms in total. The largest absolute Gasteiger partial charge is 0.464 e. The molecule has 0 radical (unpaired) electrons. The van der Waals surface area contributed by atoms with Crippen molar-refractivity contribution in [3.63, 3.8) is 0 Å². The number of esters is 1. The van der Waals surface area contributed by atoms with Gasteiger partial charge in [-0.3, -0.25) is 14.5 Å². The number of carbonyl (C=O) groups excluding carboxylic acids is 2. The van der Waals surface area contributed by atoms with E-state index in [9.17, 15) is 14.4 Å². The fraction of sp³-hybridized carbons (Fsp3) is 0.375. The van der Waals surface area contributed by atoms with Crippen LogP contribution in [0.1, 0.15) is 35.4 Å².